The van der Waals surface area contributed by atoms with Crippen molar-refractivity contribution in [3.05, 3.63) is 59.7 Å². The lowest BCUT2D eigenvalue weighted by atomic mass is 10.1. The molecule has 9 heteroatoms. The van der Waals surface area contributed by atoms with Crippen LogP contribution in [-0.2, 0) is 26.0 Å². The Balaban J connectivity index is 1.57. The van der Waals surface area contributed by atoms with Crippen LogP contribution in [-0.4, -0.2) is 58.0 Å². The average Bonchev–Trinajstić information content (AvgIpc) is 3.16. The first-order valence-corrected chi connectivity index (χ1v) is 13.0. The van der Waals surface area contributed by atoms with E-state index in [1.54, 1.807) is 0 Å². The van der Waals surface area contributed by atoms with Gasteiger partial charge in [-0.3, -0.25) is 4.79 Å². The topological polar surface area (TPSA) is 102 Å². The third-order valence-corrected chi connectivity index (χ3v) is 7.63. The number of carbonyl (C=O) groups is 2. The van der Waals surface area contributed by atoms with Crippen molar-refractivity contribution in [1.82, 2.24) is 9.62 Å². The van der Waals surface area contributed by atoms with Crippen molar-refractivity contribution in [2.24, 2.45) is 0 Å². The summed E-state index contributed by atoms with van der Waals surface area (Å²) >= 11 is 0. The van der Waals surface area contributed by atoms with Crippen molar-refractivity contribution >= 4 is 21.9 Å². The van der Waals surface area contributed by atoms with Gasteiger partial charge in [0.2, 0.25) is 10.0 Å². The van der Waals surface area contributed by atoms with Gasteiger partial charge in [0, 0.05) is 19.6 Å². The van der Waals surface area contributed by atoms with Crippen molar-refractivity contribution in [3.63, 3.8) is 0 Å². The number of carbonyl (C=O) groups excluding carboxylic acids is 2. The van der Waals surface area contributed by atoms with E-state index < -0.39 is 28.5 Å². The van der Waals surface area contributed by atoms with Gasteiger partial charge in [0.1, 0.15) is 11.3 Å². The van der Waals surface area contributed by atoms with Crippen LogP contribution in [0.5, 0.6) is 5.75 Å². The van der Waals surface area contributed by atoms with Crippen molar-refractivity contribution in [1.29, 1.82) is 0 Å². The number of methoxy groups -OCH3 is 1. The van der Waals surface area contributed by atoms with Crippen molar-refractivity contribution in [3.8, 4) is 5.75 Å². The Hall–Kier alpha value is -2.91. The Bertz CT molecular complexity index is 1060. The molecule has 0 bridgehead atoms. The fourth-order valence-electron chi connectivity index (χ4n) is 3.86. The highest BCUT2D eigenvalue weighted by Gasteiger charge is 2.27. The van der Waals surface area contributed by atoms with Crippen LogP contribution in [0.3, 0.4) is 0 Å². The number of nitrogens with one attached hydrogen (secondary N) is 1. The fraction of sp³-hybridized carbons (Fsp3) is 0.440. The van der Waals surface area contributed by atoms with E-state index in [0.717, 1.165) is 38.5 Å². The molecule has 1 heterocycles. The molecule has 8 nitrogen and oxygen atoms in total. The molecule has 1 aliphatic rings. The molecule has 1 N–H and O–H groups in total. The monoisotopic (exact) mass is 488 g/mol. The number of aryl methyl sites for hydroxylation is 1. The van der Waals surface area contributed by atoms with Gasteiger partial charge < -0.3 is 14.8 Å². The van der Waals surface area contributed by atoms with Crippen LogP contribution in [0.15, 0.2) is 53.4 Å². The number of ether oxygens (including phenoxy) is 2. The number of hydrogen-bond acceptors (Lipinski definition) is 6. The van der Waals surface area contributed by atoms with Gasteiger partial charge >= 0.3 is 5.97 Å². The second-order valence-electron chi connectivity index (χ2n) is 8.20. The average molecular weight is 489 g/mol. The van der Waals surface area contributed by atoms with E-state index in [1.165, 1.54) is 35.2 Å². The van der Waals surface area contributed by atoms with E-state index in [1.807, 2.05) is 30.3 Å². The number of nitrogens with zero attached hydrogens (tertiary/aromatic N) is 1. The summed E-state index contributed by atoms with van der Waals surface area (Å²) < 4.78 is 38.0. The molecular formula is C25H32N2O6S. The van der Waals surface area contributed by atoms with Crippen LogP contribution in [0, 0.1) is 0 Å². The SMILES string of the molecule is COc1ccc(S(=O)(=O)N2CCCCCC2)cc1C(=O)OCC(=O)NCCCc1ccccc1. The van der Waals surface area contributed by atoms with Crippen molar-refractivity contribution in [2.45, 2.75) is 43.4 Å². The third kappa shape index (κ3) is 7.04. The third-order valence-electron chi connectivity index (χ3n) is 5.74. The maximum atomic E-state index is 13.1. The molecule has 0 radical (unpaired) electrons. The van der Waals surface area contributed by atoms with Crippen LogP contribution >= 0.6 is 0 Å². The predicted molar refractivity (Wildman–Crippen MR) is 128 cm³/mol. The lowest BCUT2D eigenvalue weighted by molar-refractivity contribution is -0.124. The first-order valence-electron chi connectivity index (χ1n) is 11.6. The Morgan fingerprint density at radius 3 is 2.38 bits per heavy atom. The zero-order valence-corrected chi connectivity index (χ0v) is 20.3. The molecule has 2 aromatic rings. The van der Waals surface area contributed by atoms with Crippen LogP contribution in [0.1, 0.15) is 48.0 Å². The fourth-order valence-corrected chi connectivity index (χ4v) is 5.41. The Morgan fingerprint density at radius 2 is 1.71 bits per heavy atom. The van der Waals surface area contributed by atoms with E-state index in [4.69, 9.17) is 9.47 Å². The van der Waals surface area contributed by atoms with Gasteiger partial charge in [-0.1, -0.05) is 43.2 Å². The van der Waals surface area contributed by atoms with Crippen LogP contribution in [0.25, 0.3) is 0 Å². The standard InChI is InChI=1S/C25H32N2O6S/c1-32-23-14-13-21(34(30,31)27-16-7-2-3-8-17-27)18-22(23)25(29)33-19-24(28)26-15-9-12-20-10-5-4-6-11-20/h4-6,10-11,13-14,18H,2-3,7-9,12,15-17,19H2,1H3,(H,26,28). The number of amides is 1. The zero-order chi connectivity index (χ0) is 24.4. The van der Waals surface area contributed by atoms with Gasteiger partial charge in [0.25, 0.3) is 5.91 Å². The van der Waals surface area contributed by atoms with Gasteiger partial charge in [-0.2, -0.15) is 4.31 Å². The minimum atomic E-state index is -3.74. The number of rotatable bonds is 10. The first kappa shape index (κ1) is 25.7. The summed E-state index contributed by atoms with van der Waals surface area (Å²) in [6, 6.07) is 14.1. The Labute approximate surface area is 201 Å². The molecule has 2 aromatic carbocycles. The minimum Gasteiger partial charge on any atom is -0.496 e. The summed E-state index contributed by atoms with van der Waals surface area (Å²) in [5.41, 5.74) is 1.15. The van der Waals surface area contributed by atoms with Gasteiger partial charge in [-0.15, -0.1) is 0 Å². The predicted octanol–water partition coefficient (Wildman–Crippen LogP) is 3.17. The summed E-state index contributed by atoms with van der Waals surface area (Å²) in [6.45, 7) is 0.908. The lowest BCUT2D eigenvalue weighted by Gasteiger charge is -2.20. The molecule has 3 rings (SSSR count). The van der Waals surface area contributed by atoms with Crippen molar-refractivity contribution < 1.29 is 27.5 Å². The minimum absolute atomic E-state index is 0.00696. The summed E-state index contributed by atoms with van der Waals surface area (Å²) in [4.78, 5) is 24.8. The second kappa shape index (κ2) is 12.5. The molecule has 0 saturated carbocycles. The number of sulfonamides is 1. The largest absolute Gasteiger partial charge is 0.496 e. The first-order chi connectivity index (χ1) is 16.4. The quantitative estimate of drug-likeness (QED) is 0.407. The molecule has 0 unspecified atom stereocenters. The van der Waals surface area contributed by atoms with Crippen LogP contribution in [0.4, 0.5) is 0 Å². The maximum absolute atomic E-state index is 13.1. The molecule has 0 atom stereocenters. The van der Waals surface area contributed by atoms with E-state index >= 15 is 0 Å². The van der Waals surface area contributed by atoms with Crippen molar-refractivity contribution in [2.75, 3.05) is 33.4 Å². The molecule has 1 amide bonds. The highest BCUT2D eigenvalue weighted by molar-refractivity contribution is 7.89. The second-order valence-corrected chi connectivity index (χ2v) is 10.1. The van der Waals surface area contributed by atoms with Gasteiger partial charge in [-0.25, -0.2) is 13.2 Å². The molecule has 184 valence electrons. The molecule has 0 aromatic heterocycles. The van der Waals surface area contributed by atoms with Crippen LogP contribution in [0.2, 0.25) is 0 Å². The number of esters is 1. The highest BCUT2D eigenvalue weighted by Crippen LogP contribution is 2.26. The van der Waals surface area contributed by atoms with E-state index in [-0.39, 0.29) is 16.2 Å². The molecule has 0 aliphatic carbocycles. The molecule has 34 heavy (non-hydrogen) atoms. The van der Waals surface area contributed by atoms with E-state index in [0.29, 0.717) is 19.6 Å². The summed E-state index contributed by atoms with van der Waals surface area (Å²) in [7, 11) is -2.36. The number of hydrogen-bond donors (Lipinski definition) is 1. The maximum Gasteiger partial charge on any atom is 0.342 e. The molecule has 1 fully saturated rings. The molecular weight excluding hydrogens is 456 g/mol. The smallest absolute Gasteiger partial charge is 0.342 e. The lowest BCUT2D eigenvalue weighted by Crippen LogP contribution is -2.32. The molecule has 1 saturated heterocycles. The van der Waals surface area contributed by atoms with E-state index in [2.05, 4.69) is 5.32 Å². The summed E-state index contributed by atoms with van der Waals surface area (Å²) in [6.07, 6.45) is 5.21. The number of benzene rings is 2. The van der Waals surface area contributed by atoms with Gasteiger partial charge in [0.15, 0.2) is 6.61 Å². The molecule has 1 aliphatic heterocycles. The molecule has 0 spiro atoms. The van der Waals surface area contributed by atoms with Gasteiger partial charge in [0.05, 0.1) is 12.0 Å². The van der Waals surface area contributed by atoms with Gasteiger partial charge in [-0.05, 0) is 49.4 Å². The summed E-state index contributed by atoms with van der Waals surface area (Å²) in [5, 5.41) is 2.72. The zero-order valence-electron chi connectivity index (χ0n) is 19.5. The summed E-state index contributed by atoms with van der Waals surface area (Å²) in [5.74, 6) is -1.05. The Morgan fingerprint density at radius 1 is 1.00 bits per heavy atom. The highest BCUT2D eigenvalue weighted by atomic mass is 32.2. The Kier molecular flexibility index (Phi) is 9.47. The van der Waals surface area contributed by atoms with Crippen LogP contribution < -0.4 is 10.1 Å². The van der Waals surface area contributed by atoms with E-state index in [9.17, 15) is 18.0 Å². The normalized spacial score (nSPS) is 14.7.